The first-order valence-electron chi connectivity index (χ1n) is 6.45. The molecule has 1 aliphatic rings. The summed E-state index contributed by atoms with van der Waals surface area (Å²) >= 11 is 1.64. The minimum atomic E-state index is -0.245. The van der Waals surface area contributed by atoms with E-state index in [2.05, 4.69) is 16.3 Å². The molecule has 0 radical (unpaired) electrons. The van der Waals surface area contributed by atoms with Gasteiger partial charge in [0.2, 0.25) is 5.91 Å². The first-order chi connectivity index (χ1) is 8.44. The Morgan fingerprint density at radius 3 is 2.33 bits per heavy atom. The number of rotatable bonds is 4. The Labute approximate surface area is 114 Å². The standard InChI is InChI=1S/C13H23N3OS/c1-10(2)15-12(17)11(3)16-7-5-13(9-14,18-4)6-8-16/h10-11H,5-8H2,1-4H3,(H,15,17). The minimum Gasteiger partial charge on any atom is -0.353 e. The number of hydrogen-bond donors (Lipinski definition) is 1. The highest BCUT2D eigenvalue weighted by atomic mass is 32.2. The fraction of sp³-hybridized carbons (Fsp3) is 0.846. The molecule has 4 nitrogen and oxygen atoms in total. The normalized spacial score (nSPS) is 21.3. The number of thioether (sulfide) groups is 1. The highest BCUT2D eigenvalue weighted by Crippen LogP contribution is 2.34. The van der Waals surface area contributed by atoms with Crippen molar-refractivity contribution in [3.05, 3.63) is 0 Å². The second kappa shape index (κ2) is 6.44. The van der Waals surface area contributed by atoms with Crippen LogP contribution in [0.2, 0.25) is 0 Å². The highest BCUT2D eigenvalue weighted by molar-refractivity contribution is 8.00. The van der Waals surface area contributed by atoms with Crippen LogP contribution in [0.5, 0.6) is 0 Å². The maximum Gasteiger partial charge on any atom is 0.237 e. The summed E-state index contributed by atoms with van der Waals surface area (Å²) in [5.74, 6) is 0.0820. The van der Waals surface area contributed by atoms with Gasteiger partial charge in [0.05, 0.1) is 12.1 Å². The van der Waals surface area contributed by atoms with Gasteiger partial charge in [-0.25, -0.2) is 0 Å². The lowest BCUT2D eigenvalue weighted by Crippen LogP contribution is -2.52. The second-order valence-electron chi connectivity index (χ2n) is 5.19. The van der Waals surface area contributed by atoms with E-state index in [0.29, 0.717) is 0 Å². The summed E-state index contributed by atoms with van der Waals surface area (Å²) in [6, 6.07) is 2.49. The average Bonchev–Trinajstić information content (AvgIpc) is 2.37. The van der Waals surface area contributed by atoms with E-state index >= 15 is 0 Å². The topological polar surface area (TPSA) is 56.1 Å². The van der Waals surface area contributed by atoms with E-state index in [1.54, 1.807) is 11.8 Å². The molecule has 0 aromatic heterocycles. The summed E-state index contributed by atoms with van der Waals surface area (Å²) in [4.78, 5) is 14.1. The second-order valence-corrected chi connectivity index (χ2v) is 6.38. The molecule has 18 heavy (non-hydrogen) atoms. The molecule has 0 saturated carbocycles. The third-order valence-electron chi connectivity index (χ3n) is 3.56. The minimum absolute atomic E-state index is 0.0820. The molecule has 0 bridgehead atoms. The van der Waals surface area contributed by atoms with Crippen molar-refractivity contribution in [2.45, 2.75) is 50.4 Å². The molecule has 0 aromatic carbocycles. The van der Waals surface area contributed by atoms with Gasteiger partial charge in [0.15, 0.2) is 0 Å². The highest BCUT2D eigenvalue weighted by Gasteiger charge is 2.36. The molecule has 5 heteroatoms. The fourth-order valence-corrected chi connectivity index (χ4v) is 2.89. The van der Waals surface area contributed by atoms with Gasteiger partial charge in [-0.1, -0.05) is 0 Å². The molecule has 1 atom stereocenters. The number of nitriles is 1. The van der Waals surface area contributed by atoms with Crippen molar-refractivity contribution in [2.75, 3.05) is 19.3 Å². The van der Waals surface area contributed by atoms with Crippen LogP contribution in [0.15, 0.2) is 0 Å². The van der Waals surface area contributed by atoms with E-state index in [0.717, 1.165) is 25.9 Å². The Morgan fingerprint density at radius 2 is 1.94 bits per heavy atom. The number of carbonyl (C=O) groups excluding carboxylic acids is 1. The van der Waals surface area contributed by atoms with Crippen LogP contribution in [0.25, 0.3) is 0 Å². The zero-order chi connectivity index (χ0) is 13.8. The van der Waals surface area contributed by atoms with Gasteiger partial charge >= 0.3 is 0 Å². The molecule has 0 aromatic rings. The SMILES string of the molecule is CSC1(C#N)CCN(C(C)C(=O)NC(C)C)CC1. The summed E-state index contributed by atoms with van der Waals surface area (Å²) in [5, 5.41) is 12.2. The van der Waals surface area contributed by atoms with Gasteiger partial charge in [-0.05, 0) is 39.9 Å². The molecule has 1 fully saturated rings. The van der Waals surface area contributed by atoms with Gasteiger partial charge in [0, 0.05) is 19.1 Å². The van der Waals surface area contributed by atoms with E-state index in [-0.39, 0.29) is 22.7 Å². The lowest BCUT2D eigenvalue weighted by molar-refractivity contribution is -0.126. The Bertz CT molecular complexity index is 330. The van der Waals surface area contributed by atoms with Crippen LogP contribution in [0.1, 0.15) is 33.6 Å². The first kappa shape index (κ1) is 15.3. The van der Waals surface area contributed by atoms with Crippen molar-refractivity contribution >= 4 is 17.7 Å². The smallest absolute Gasteiger partial charge is 0.237 e. The van der Waals surface area contributed by atoms with E-state index < -0.39 is 0 Å². The van der Waals surface area contributed by atoms with E-state index in [9.17, 15) is 10.1 Å². The number of piperidine rings is 1. The monoisotopic (exact) mass is 269 g/mol. The van der Waals surface area contributed by atoms with E-state index in [4.69, 9.17) is 0 Å². The molecule has 1 unspecified atom stereocenters. The predicted octanol–water partition coefficient (Wildman–Crippen LogP) is 1.62. The Balaban J connectivity index is 2.53. The number of nitrogens with zero attached hydrogens (tertiary/aromatic N) is 2. The maximum absolute atomic E-state index is 11.9. The van der Waals surface area contributed by atoms with Crippen molar-refractivity contribution in [1.29, 1.82) is 5.26 Å². The number of carbonyl (C=O) groups is 1. The van der Waals surface area contributed by atoms with Crippen molar-refractivity contribution in [3.8, 4) is 6.07 Å². The van der Waals surface area contributed by atoms with Crippen LogP contribution >= 0.6 is 11.8 Å². The molecule has 0 spiro atoms. The predicted molar refractivity (Wildman–Crippen MR) is 75.4 cm³/mol. The molecule has 102 valence electrons. The van der Waals surface area contributed by atoms with Crippen LogP contribution in [-0.4, -0.2) is 47.0 Å². The van der Waals surface area contributed by atoms with Crippen molar-refractivity contribution in [2.24, 2.45) is 0 Å². The van der Waals surface area contributed by atoms with Crippen LogP contribution in [0.4, 0.5) is 0 Å². The molecule has 0 aliphatic carbocycles. The van der Waals surface area contributed by atoms with Crippen LogP contribution in [-0.2, 0) is 4.79 Å². The number of nitrogens with one attached hydrogen (secondary N) is 1. The largest absolute Gasteiger partial charge is 0.353 e. The first-order valence-corrected chi connectivity index (χ1v) is 7.67. The molecular formula is C13H23N3OS. The molecule has 1 heterocycles. The van der Waals surface area contributed by atoms with Gasteiger partial charge in [0.1, 0.15) is 4.75 Å². The lowest BCUT2D eigenvalue weighted by Gasteiger charge is -2.38. The van der Waals surface area contributed by atoms with Gasteiger partial charge in [-0.15, -0.1) is 11.8 Å². The van der Waals surface area contributed by atoms with E-state index in [1.165, 1.54) is 0 Å². The zero-order valence-electron chi connectivity index (χ0n) is 11.7. The Hall–Kier alpha value is -0.730. The molecule has 1 aliphatic heterocycles. The summed E-state index contributed by atoms with van der Waals surface area (Å²) in [6.45, 7) is 7.52. The van der Waals surface area contributed by atoms with Crippen molar-refractivity contribution in [3.63, 3.8) is 0 Å². The molecule has 1 saturated heterocycles. The molecule has 1 N–H and O–H groups in total. The maximum atomic E-state index is 11.9. The molecule has 1 rings (SSSR count). The van der Waals surface area contributed by atoms with Gasteiger partial charge in [-0.2, -0.15) is 5.26 Å². The summed E-state index contributed by atoms with van der Waals surface area (Å²) in [5.41, 5.74) is 0. The van der Waals surface area contributed by atoms with Crippen molar-refractivity contribution < 1.29 is 4.79 Å². The van der Waals surface area contributed by atoms with Crippen LogP contribution < -0.4 is 5.32 Å². The molecular weight excluding hydrogens is 246 g/mol. The number of likely N-dealkylation sites (tertiary alicyclic amines) is 1. The van der Waals surface area contributed by atoms with E-state index in [1.807, 2.05) is 27.0 Å². The van der Waals surface area contributed by atoms with Gasteiger partial charge in [-0.3, -0.25) is 9.69 Å². The average molecular weight is 269 g/mol. The lowest BCUT2D eigenvalue weighted by atomic mass is 9.96. The van der Waals surface area contributed by atoms with Crippen LogP contribution in [0.3, 0.4) is 0 Å². The Morgan fingerprint density at radius 1 is 1.39 bits per heavy atom. The Kier molecular flexibility index (Phi) is 5.48. The third-order valence-corrected chi connectivity index (χ3v) is 4.84. The van der Waals surface area contributed by atoms with Gasteiger partial charge < -0.3 is 5.32 Å². The quantitative estimate of drug-likeness (QED) is 0.842. The third kappa shape index (κ3) is 3.63. The van der Waals surface area contributed by atoms with Crippen LogP contribution in [0, 0.1) is 11.3 Å². The summed E-state index contributed by atoms with van der Waals surface area (Å²) < 4.78 is -0.245. The molecule has 1 amide bonds. The fourth-order valence-electron chi connectivity index (χ4n) is 2.21. The van der Waals surface area contributed by atoms with Gasteiger partial charge in [0.25, 0.3) is 0 Å². The van der Waals surface area contributed by atoms with Crippen molar-refractivity contribution in [1.82, 2.24) is 10.2 Å². The zero-order valence-corrected chi connectivity index (χ0v) is 12.5. The number of amides is 1. The number of hydrogen-bond acceptors (Lipinski definition) is 4. The summed E-state index contributed by atoms with van der Waals surface area (Å²) in [6.07, 6.45) is 3.67. The summed E-state index contributed by atoms with van der Waals surface area (Å²) in [7, 11) is 0.